The van der Waals surface area contributed by atoms with Gasteiger partial charge in [-0.2, -0.15) is 0 Å². The Morgan fingerprint density at radius 1 is 0.679 bits per heavy atom. The molecule has 2 atom stereocenters. The lowest BCUT2D eigenvalue weighted by molar-refractivity contribution is -0.307. The molecule has 1 N–H and O–H groups in total. The molecule has 5 aliphatic rings. The first-order valence-electron chi connectivity index (χ1n) is 11.9. The molecular formula is C22H39N5O. The maximum atomic E-state index is 7.00. The number of nitrogens with one attached hydrogen (secondary N) is 1. The van der Waals surface area contributed by atoms with Gasteiger partial charge in [-0.15, -0.1) is 0 Å². The molecule has 28 heavy (non-hydrogen) atoms. The molecule has 0 radical (unpaired) electrons. The molecule has 158 valence electrons. The maximum absolute atomic E-state index is 7.00. The van der Waals surface area contributed by atoms with Crippen LogP contribution in [0.2, 0.25) is 0 Å². The second kappa shape index (κ2) is 8.32. The summed E-state index contributed by atoms with van der Waals surface area (Å²) in [4.78, 5) is 11.2. The van der Waals surface area contributed by atoms with Crippen LogP contribution >= 0.6 is 0 Å². The second-order valence-electron chi connectivity index (χ2n) is 9.21. The van der Waals surface area contributed by atoms with Crippen LogP contribution in [0.3, 0.4) is 0 Å². The molecule has 0 aromatic rings. The molecule has 0 bridgehead atoms. The minimum absolute atomic E-state index is 0.0140. The van der Waals surface area contributed by atoms with Gasteiger partial charge in [0.05, 0.1) is 6.61 Å². The standard InChI is InChI=1S/C22H39N5O/c1-3-12-24(13-4-1)21(25-14-5-2-6-15-25)9-20-28-22(21,26-16-7-8-17-26)27-18-10-23-11-19-27/h1,3,23H,2,4-20H2. The van der Waals surface area contributed by atoms with Crippen molar-refractivity contribution in [3.8, 4) is 0 Å². The number of nitrogens with zero attached hydrogens (tertiary/aromatic N) is 4. The van der Waals surface area contributed by atoms with E-state index in [1.54, 1.807) is 0 Å². The van der Waals surface area contributed by atoms with Crippen LogP contribution in [-0.4, -0.2) is 103 Å². The smallest absolute Gasteiger partial charge is 0.213 e. The normalized spacial score (nSPS) is 39.7. The Hall–Kier alpha value is -0.500. The van der Waals surface area contributed by atoms with Crippen LogP contribution in [0.5, 0.6) is 0 Å². The predicted octanol–water partition coefficient (Wildman–Crippen LogP) is 1.51. The number of piperidine rings is 1. The zero-order valence-corrected chi connectivity index (χ0v) is 17.6. The Bertz CT molecular complexity index is 553. The van der Waals surface area contributed by atoms with E-state index >= 15 is 0 Å². The molecule has 2 unspecified atom stereocenters. The summed E-state index contributed by atoms with van der Waals surface area (Å²) >= 11 is 0. The van der Waals surface area contributed by atoms with E-state index in [0.717, 1.165) is 52.3 Å². The van der Waals surface area contributed by atoms with Crippen LogP contribution in [0, 0.1) is 0 Å². The number of hydrogen-bond acceptors (Lipinski definition) is 6. The Kier molecular flexibility index (Phi) is 5.79. The lowest BCUT2D eigenvalue weighted by atomic mass is 9.90. The summed E-state index contributed by atoms with van der Waals surface area (Å²) in [6.07, 6.45) is 13.8. The number of likely N-dealkylation sites (tertiary alicyclic amines) is 2. The molecule has 0 aliphatic carbocycles. The Morgan fingerprint density at radius 2 is 1.36 bits per heavy atom. The van der Waals surface area contributed by atoms with E-state index < -0.39 is 0 Å². The van der Waals surface area contributed by atoms with Crippen molar-refractivity contribution >= 4 is 0 Å². The maximum Gasteiger partial charge on any atom is 0.213 e. The molecule has 0 aromatic heterocycles. The van der Waals surface area contributed by atoms with Gasteiger partial charge in [0.15, 0.2) is 0 Å². The Labute approximate surface area is 170 Å². The lowest BCUT2D eigenvalue weighted by Gasteiger charge is -2.63. The van der Waals surface area contributed by atoms with Gasteiger partial charge < -0.3 is 10.1 Å². The van der Waals surface area contributed by atoms with E-state index in [1.165, 1.54) is 64.7 Å². The average molecular weight is 390 g/mol. The summed E-state index contributed by atoms with van der Waals surface area (Å²) in [5.74, 6) is -0.284. The zero-order chi connectivity index (χ0) is 18.9. The first-order chi connectivity index (χ1) is 13.9. The average Bonchev–Trinajstić information content (AvgIpc) is 3.45. The molecule has 6 heteroatoms. The highest BCUT2D eigenvalue weighted by Crippen LogP contribution is 2.50. The van der Waals surface area contributed by atoms with Crippen LogP contribution in [0.4, 0.5) is 0 Å². The summed E-state index contributed by atoms with van der Waals surface area (Å²) in [5.41, 5.74) is -0.0140. The molecule has 4 saturated heterocycles. The zero-order valence-electron chi connectivity index (χ0n) is 17.6. The molecule has 5 heterocycles. The topological polar surface area (TPSA) is 34.2 Å². The number of ether oxygens (including phenoxy) is 1. The van der Waals surface area contributed by atoms with Crippen molar-refractivity contribution in [3.63, 3.8) is 0 Å². The van der Waals surface area contributed by atoms with E-state index in [1.807, 2.05) is 0 Å². The van der Waals surface area contributed by atoms with Crippen molar-refractivity contribution in [3.05, 3.63) is 12.2 Å². The quantitative estimate of drug-likeness (QED) is 0.734. The first kappa shape index (κ1) is 19.5. The van der Waals surface area contributed by atoms with Gasteiger partial charge in [0.2, 0.25) is 5.85 Å². The van der Waals surface area contributed by atoms with Gasteiger partial charge >= 0.3 is 0 Å². The third-order valence-corrected chi connectivity index (χ3v) is 7.82. The highest BCUT2D eigenvalue weighted by molar-refractivity contribution is 5.14. The highest BCUT2D eigenvalue weighted by atomic mass is 16.5. The monoisotopic (exact) mass is 389 g/mol. The Morgan fingerprint density at radius 3 is 2.07 bits per heavy atom. The van der Waals surface area contributed by atoms with Gasteiger partial charge in [0.1, 0.15) is 5.66 Å². The van der Waals surface area contributed by atoms with Gasteiger partial charge in [-0.05, 0) is 32.1 Å². The second-order valence-corrected chi connectivity index (χ2v) is 9.21. The minimum atomic E-state index is -0.284. The van der Waals surface area contributed by atoms with E-state index in [2.05, 4.69) is 37.1 Å². The molecule has 0 spiro atoms. The van der Waals surface area contributed by atoms with E-state index in [9.17, 15) is 0 Å². The molecular weight excluding hydrogens is 350 g/mol. The summed E-state index contributed by atoms with van der Waals surface area (Å²) in [6.45, 7) is 12.3. The highest BCUT2D eigenvalue weighted by Gasteiger charge is 2.68. The van der Waals surface area contributed by atoms with Crippen LogP contribution in [0.15, 0.2) is 12.2 Å². The van der Waals surface area contributed by atoms with E-state index in [4.69, 9.17) is 4.74 Å². The third-order valence-electron chi connectivity index (χ3n) is 7.82. The molecule has 5 aliphatic heterocycles. The van der Waals surface area contributed by atoms with Gasteiger partial charge in [0.25, 0.3) is 0 Å². The summed E-state index contributed by atoms with van der Waals surface area (Å²) < 4.78 is 7.00. The summed E-state index contributed by atoms with van der Waals surface area (Å²) in [5, 5.41) is 3.58. The summed E-state index contributed by atoms with van der Waals surface area (Å²) in [6, 6.07) is 0. The van der Waals surface area contributed by atoms with E-state index in [0.29, 0.717) is 0 Å². The van der Waals surface area contributed by atoms with Crippen molar-refractivity contribution in [1.82, 2.24) is 24.9 Å². The van der Waals surface area contributed by atoms with Gasteiger partial charge in [0, 0.05) is 71.9 Å². The third kappa shape index (κ3) is 2.99. The molecule has 0 saturated carbocycles. The van der Waals surface area contributed by atoms with Crippen molar-refractivity contribution in [2.75, 3.05) is 72.1 Å². The van der Waals surface area contributed by atoms with Crippen LogP contribution in [0.25, 0.3) is 0 Å². The fraction of sp³-hybridized carbons (Fsp3) is 0.909. The molecule has 5 rings (SSSR count). The van der Waals surface area contributed by atoms with Crippen molar-refractivity contribution in [1.29, 1.82) is 0 Å². The number of hydrogen-bond donors (Lipinski definition) is 1. The van der Waals surface area contributed by atoms with Crippen molar-refractivity contribution < 1.29 is 4.74 Å². The number of rotatable bonds is 4. The molecule has 6 nitrogen and oxygen atoms in total. The predicted molar refractivity (Wildman–Crippen MR) is 112 cm³/mol. The fourth-order valence-electron chi connectivity index (χ4n) is 6.66. The fourth-order valence-corrected chi connectivity index (χ4v) is 6.66. The van der Waals surface area contributed by atoms with Crippen molar-refractivity contribution in [2.24, 2.45) is 0 Å². The minimum Gasteiger partial charge on any atom is -0.344 e. The SMILES string of the molecule is C1=CCN(C2(N3CCCCC3)CCOC2(N2CCCC2)N2CCNCC2)CC1. The van der Waals surface area contributed by atoms with Gasteiger partial charge in [-0.1, -0.05) is 18.6 Å². The first-order valence-corrected chi connectivity index (χ1v) is 11.9. The van der Waals surface area contributed by atoms with Crippen LogP contribution in [-0.2, 0) is 4.74 Å². The van der Waals surface area contributed by atoms with Crippen molar-refractivity contribution in [2.45, 2.75) is 56.5 Å². The van der Waals surface area contributed by atoms with Gasteiger partial charge in [-0.3, -0.25) is 19.6 Å². The molecule has 0 aromatic carbocycles. The lowest BCUT2D eigenvalue weighted by Crippen LogP contribution is -2.82. The van der Waals surface area contributed by atoms with Crippen LogP contribution < -0.4 is 5.32 Å². The Balaban J connectivity index is 1.61. The van der Waals surface area contributed by atoms with Crippen LogP contribution in [0.1, 0.15) is 44.9 Å². The summed E-state index contributed by atoms with van der Waals surface area (Å²) in [7, 11) is 0. The molecule has 4 fully saturated rings. The molecule has 0 amide bonds. The van der Waals surface area contributed by atoms with Gasteiger partial charge in [-0.25, -0.2) is 0 Å². The van der Waals surface area contributed by atoms with E-state index in [-0.39, 0.29) is 11.5 Å². The number of piperazine rings is 1. The largest absolute Gasteiger partial charge is 0.344 e.